The van der Waals surface area contributed by atoms with E-state index < -0.39 is 0 Å². The van der Waals surface area contributed by atoms with Gasteiger partial charge in [0.1, 0.15) is 0 Å². The molecule has 2 N–H and O–H groups in total. The lowest BCUT2D eigenvalue weighted by Gasteiger charge is -2.24. The molecule has 3 rings (SSSR count). The summed E-state index contributed by atoms with van der Waals surface area (Å²) in [6.45, 7) is 0. The largest absolute Gasteiger partial charge is 0.359 e. The van der Waals surface area contributed by atoms with Gasteiger partial charge in [-0.15, -0.1) is 0 Å². The third-order valence-electron chi connectivity index (χ3n) is 4.16. The Hall–Kier alpha value is -0.800. The van der Waals surface area contributed by atoms with E-state index >= 15 is 0 Å². The summed E-state index contributed by atoms with van der Waals surface area (Å²) < 4.78 is 0. The van der Waals surface area contributed by atoms with Crippen LogP contribution >= 0.6 is 23.8 Å². The van der Waals surface area contributed by atoms with Gasteiger partial charge in [0.2, 0.25) is 0 Å². The topological polar surface area (TPSA) is 24.1 Å². The average Bonchev–Trinajstić information content (AvgIpc) is 2.94. The highest BCUT2D eigenvalue weighted by atomic mass is 35.5. The summed E-state index contributed by atoms with van der Waals surface area (Å²) in [5.74, 6) is 1.77. The highest BCUT2D eigenvalue weighted by Crippen LogP contribution is 2.44. The molecule has 0 saturated heterocycles. The molecule has 1 aromatic carbocycles. The van der Waals surface area contributed by atoms with Crippen LogP contribution < -0.4 is 10.6 Å². The summed E-state index contributed by atoms with van der Waals surface area (Å²) in [7, 11) is 0. The maximum Gasteiger partial charge on any atom is 0.171 e. The van der Waals surface area contributed by atoms with Crippen molar-refractivity contribution in [1.29, 1.82) is 0 Å². The van der Waals surface area contributed by atoms with E-state index in [1.807, 2.05) is 24.3 Å². The zero-order chi connectivity index (χ0) is 12.5. The third kappa shape index (κ3) is 2.62. The van der Waals surface area contributed by atoms with Crippen LogP contribution in [0.4, 0.5) is 5.69 Å². The van der Waals surface area contributed by atoms with Crippen LogP contribution in [0.2, 0.25) is 5.02 Å². The Kier molecular flexibility index (Phi) is 3.44. The van der Waals surface area contributed by atoms with Gasteiger partial charge in [0, 0.05) is 16.8 Å². The van der Waals surface area contributed by atoms with Crippen molar-refractivity contribution < 1.29 is 0 Å². The van der Waals surface area contributed by atoms with Crippen molar-refractivity contribution in [3.63, 3.8) is 0 Å². The Morgan fingerprint density at radius 1 is 1.17 bits per heavy atom. The zero-order valence-electron chi connectivity index (χ0n) is 10.2. The molecule has 0 aliphatic heterocycles. The van der Waals surface area contributed by atoms with Crippen molar-refractivity contribution in [1.82, 2.24) is 5.32 Å². The van der Waals surface area contributed by atoms with Gasteiger partial charge in [-0.1, -0.05) is 18.0 Å². The molecule has 0 spiro atoms. The minimum absolute atomic E-state index is 0.580. The minimum Gasteiger partial charge on any atom is -0.359 e. The molecule has 2 aliphatic rings. The molecule has 96 valence electrons. The third-order valence-corrected chi connectivity index (χ3v) is 4.63. The fraction of sp³-hybridized carbons (Fsp3) is 0.500. The molecular formula is C14H17ClN2S. The predicted octanol–water partition coefficient (Wildman–Crippen LogP) is 3.82. The van der Waals surface area contributed by atoms with Gasteiger partial charge in [0.25, 0.3) is 0 Å². The average molecular weight is 281 g/mol. The van der Waals surface area contributed by atoms with Gasteiger partial charge >= 0.3 is 0 Å². The molecule has 2 fully saturated rings. The van der Waals surface area contributed by atoms with E-state index in [1.54, 1.807) is 0 Å². The number of thiocarbonyl (C=S) groups is 1. The fourth-order valence-electron chi connectivity index (χ4n) is 3.29. The van der Waals surface area contributed by atoms with Crippen molar-refractivity contribution in [3.05, 3.63) is 29.3 Å². The lowest BCUT2D eigenvalue weighted by Crippen LogP contribution is -2.40. The van der Waals surface area contributed by atoms with Gasteiger partial charge in [0.15, 0.2) is 5.11 Å². The van der Waals surface area contributed by atoms with Crippen molar-refractivity contribution in [2.45, 2.75) is 31.7 Å². The lowest BCUT2D eigenvalue weighted by atomic mass is 9.96. The van der Waals surface area contributed by atoms with Gasteiger partial charge in [-0.3, -0.25) is 0 Å². The molecule has 0 amide bonds. The first-order chi connectivity index (χ1) is 8.70. The summed E-state index contributed by atoms with van der Waals surface area (Å²) in [6.07, 6.45) is 5.46. The molecule has 2 aliphatic carbocycles. The number of halogens is 1. The highest BCUT2D eigenvalue weighted by Gasteiger charge is 2.39. The van der Waals surface area contributed by atoms with Crippen LogP contribution in [0.15, 0.2) is 24.3 Å². The standard InChI is InChI=1S/C14H17ClN2S/c15-11-3-5-12(6-4-11)16-14(18)17-13-8-9-1-2-10(13)7-9/h3-6,9-10,13H,1-2,7-8H2,(H2,16,17,18)/t9-,10-,13+/m1/s1. The first-order valence-corrected chi connectivity index (χ1v) is 7.32. The Morgan fingerprint density at radius 2 is 1.94 bits per heavy atom. The second-order valence-electron chi connectivity index (χ2n) is 5.39. The van der Waals surface area contributed by atoms with E-state index in [4.69, 9.17) is 23.8 Å². The number of rotatable bonds is 2. The van der Waals surface area contributed by atoms with Crippen molar-refractivity contribution in [3.8, 4) is 0 Å². The van der Waals surface area contributed by atoms with E-state index in [0.29, 0.717) is 6.04 Å². The van der Waals surface area contributed by atoms with Crippen molar-refractivity contribution >= 4 is 34.6 Å². The second-order valence-corrected chi connectivity index (χ2v) is 6.23. The Morgan fingerprint density at radius 3 is 2.56 bits per heavy atom. The molecule has 0 heterocycles. The highest BCUT2D eigenvalue weighted by molar-refractivity contribution is 7.80. The zero-order valence-corrected chi connectivity index (χ0v) is 11.7. The molecule has 0 unspecified atom stereocenters. The molecule has 18 heavy (non-hydrogen) atoms. The predicted molar refractivity (Wildman–Crippen MR) is 80.0 cm³/mol. The van der Waals surface area contributed by atoms with Crippen LogP contribution in [0.25, 0.3) is 0 Å². The summed E-state index contributed by atoms with van der Waals surface area (Å²) in [4.78, 5) is 0. The van der Waals surface area contributed by atoms with Crippen molar-refractivity contribution in [2.75, 3.05) is 5.32 Å². The van der Waals surface area contributed by atoms with Crippen LogP contribution in [-0.2, 0) is 0 Å². The van der Waals surface area contributed by atoms with E-state index in [1.165, 1.54) is 25.7 Å². The Labute approximate surface area is 118 Å². The number of fused-ring (bicyclic) bond motifs is 2. The van der Waals surface area contributed by atoms with Crippen molar-refractivity contribution in [2.24, 2.45) is 11.8 Å². The second kappa shape index (κ2) is 5.06. The molecule has 1 aromatic rings. The number of nitrogens with one attached hydrogen (secondary N) is 2. The van der Waals surface area contributed by atoms with Gasteiger partial charge < -0.3 is 10.6 Å². The molecule has 2 saturated carbocycles. The summed E-state index contributed by atoms with van der Waals surface area (Å²) >= 11 is 11.2. The van der Waals surface area contributed by atoms with Crippen LogP contribution in [0, 0.1) is 11.8 Å². The molecule has 3 atom stereocenters. The number of benzene rings is 1. The smallest absolute Gasteiger partial charge is 0.171 e. The molecular weight excluding hydrogens is 264 g/mol. The first-order valence-electron chi connectivity index (χ1n) is 6.54. The molecule has 2 bridgehead atoms. The fourth-order valence-corrected chi connectivity index (χ4v) is 3.69. The van der Waals surface area contributed by atoms with E-state index in [0.717, 1.165) is 27.7 Å². The van der Waals surface area contributed by atoms with E-state index in [-0.39, 0.29) is 0 Å². The van der Waals surface area contributed by atoms with E-state index in [2.05, 4.69) is 10.6 Å². The Balaban J connectivity index is 1.54. The van der Waals surface area contributed by atoms with Gasteiger partial charge in [-0.25, -0.2) is 0 Å². The lowest BCUT2D eigenvalue weighted by molar-refractivity contribution is 0.392. The van der Waals surface area contributed by atoms with Crippen LogP contribution in [-0.4, -0.2) is 11.2 Å². The van der Waals surface area contributed by atoms with Crippen LogP contribution in [0.5, 0.6) is 0 Å². The summed E-state index contributed by atoms with van der Waals surface area (Å²) in [5.41, 5.74) is 0.986. The van der Waals surface area contributed by atoms with Gasteiger partial charge in [0.05, 0.1) is 0 Å². The Bertz CT molecular complexity index is 446. The monoisotopic (exact) mass is 280 g/mol. The number of anilines is 1. The van der Waals surface area contributed by atoms with E-state index in [9.17, 15) is 0 Å². The molecule has 0 radical (unpaired) electrons. The van der Waals surface area contributed by atoms with Crippen LogP contribution in [0.3, 0.4) is 0 Å². The molecule has 0 aromatic heterocycles. The van der Waals surface area contributed by atoms with Crippen LogP contribution in [0.1, 0.15) is 25.7 Å². The normalized spacial score (nSPS) is 29.3. The molecule has 2 nitrogen and oxygen atoms in total. The van der Waals surface area contributed by atoms with Gasteiger partial charge in [-0.2, -0.15) is 0 Å². The molecule has 4 heteroatoms. The first kappa shape index (κ1) is 12.2. The summed E-state index contributed by atoms with van der Waals surface area (Å²) in [6, 6.07) is 8.19. The maximum absolute atomic E-state index is 5.85. The number of hydrogen-bond donors (Lipinski definition) is 2. The quantitative estimate of drug-likeness (QED) is 0.806. The SMILES string of the molecule is S=C(Nc1ccc(Cl)cc1)N[C@H]1C[C@@H]2CC[C@@H]1C2. The van der Waals surface area contributed by atoms with Gasteiger partial charge in [-0.05, 0) is 67.6 Å². The minimum atomic E-state index is 0.580. The maximum atomic E-state index is 5.85. The summed E-state index contributed by atoms with van der Waals surface area (Å²) in [5, 5.41) is 8.15. The number of hydrogen-bond acceptors (Lipinski definition) is 1.